The number of nitrogens with two attached hydrogens (primary N) is 1. The van der Waals surface area contributed by atoms with Crippen LogP contribution in [-0.2, 0) is 13.1 Å². The first-order valence-electron chi connectivity index (χ1n) is 8.41. The fourth-order valence-electron chi connectivity index (χ4n) is 2.81. The summed E-state index contributed by atoms with van der Waals surface area (Å²) in [6.07, 6.45) is 4.08. The smallest absolute Gasteiger partial charge is 0.123 e. The van der Waals surface area contributed by atoms with E-state index < -0.39 is 0 Å². The molecule has 0 radical (unpaired) electrons. The van der Waals surface area contributed by atoms with Gasteiger partial charge in [0.15, 0.2) is 0 Å². The summed E-state index contributed by atoms with van der Waals surface area (Å²) in [6.45, 7) is 4.14. The average Bonchev–Trinajstić information content (AvgIpc) is 2.64. The van der Waals surface area contributed by atoms with E-state index in [1.807, 2.05) is 42.5 Å². The summed E-state index contributed by atoms with van der Waals surface area (Å²) in [4.78, 5) is 2.52. The molecule has 0 atom stereocenters. The molecule has 0 unspecified atom stereocenters. The van der Waals surface area contributed by atoms with Gasteiger partial charge in [-0.2, -0.15) is 0 Å². The number of benzene rings is 2. The van der Waals surface area contributed by atoms with Crippen molar-refractivity contribution < 1.29 is 4.74 Å². The molecule has 3 nitrogen and oxygen atoms in total. The van der Waals surface area contributed by atoms with Gasteiger partial charge in [0, 0.05) is 18.7 Å². The maximum atomic E-state index is 5.36. The second kappa shape index (κ2) is 10.0. The third-order valence-corrected chi connectivity index (χ3v) is 4.11. The van der Waals surface area contributed by atoms with Gasteiger partial charge in [0.25, 0.3) is 0 Å². The van der Waals surface area contributed by atoms with Crippen LogP contribution in [0.15, 0.2) is 54.6 Å². The molecule has 2 aromatic carbocycles. The standard InChI is InChI=1S/C13H19NO.C7H9N/c1-15-13-8-4-3-7-12(13)11-14-9-5-2-6-10-14;8-6-7-4-2-1-3-5-7/h3-4,7-8H,2,5-6,9-11H2,1H3;1-5H,6,8H2. The Kier molecular flexibility index (Phi) is 7.64. The zero-order valence-electron chi connectivity index (χ0n) is 14.1. The third-order valence-electron chi connectivity index (χ3n) is 4.11. The van der Waals surface area contributed by atoms with Crippen LogP contribution in [0, 0.1) is 0 Å². The van der Waals surface area contributed by atoms with E-state index in [0.717, 1.165) is 12.3 Å². The Hall–Kier alpha value is -1.84. The quantitative estimate of drug-likeness (QED) is 0.932. The Morgan fingerprint density at radius 1 is 0.913 bits per heavy atom. The fourth-order valence-corrected chi connectivity index (χ4v) is 2.81. The van der Waals surface area contributed by atoms with Gasteiger partial charge in [0.2, 0.25) is 0 Å². The summed E-state index contributed by atoms with van der Waals surface area (Å²) < 4.78 is 5.36. The molecule has 0 spiro atoms. The van der Waals surface area contributed by atoms with E-state index in [2.05, 4.69) is 17.0 Å². The average molecular weight is 312 g/mol. The predicted molar refractivity (Wildman–Crippen MR) is 96.5 cm³/mol. The minimum atomic E-state index is 0.640. The lowest BCUT2D eigenvalue weighted by molar-refractivity contribution is 0.218. The monoisotopic (exact) mass is 312 g/mol. The maximum Gasteiger partial charge on any atom is 0.123 e. The SMILES string of the molecule is COc1ccccc1CN1CCCCC1.NCc1ccccc1. The van der Waals surface area contributed by atoms with Gasteiger partial charge < -0.3 is 10.5 Å². The van der Waals surface area contributed by atoms with Crippen LogP contribution in [0.1, 0.15) is 30.4 Å². The number of piperidine rings is 1. The molecule has 1 heterocycles. The van der Waals surface area contributed by atoms with E-state index in [4.69, 9.17) is 10.5 Å². The summed E-state index contributed by atoms with van der Waals surface area (Å²) in [5.74, 6) is 1.02. The van der Waals surface area contributed by atoms with Gasteiger partial charge in [-0.15, -0.1) is 0 Å². The lowest BCUT2D eigenvalue weighted by Crippen LogP contribution is -2.29. The molecule has 0 bridgehead atoms. The molecule has 23 heavy (non-hydrogen) atoms. The third kappa shape index (κ3) is 6.05. The molecule has 0 aromatic heterocycles. The molecule has 1 fully saturated rings. The molecule has 1 aliphatic heterocycles. The predicted octanol–water partition coefficient (Wildman–Crippen LogP) is 3.83. The molecule has 124 valence electrons. The summed E-state index contributed by atoms with van der Waals surface area (Å²) in [6, 6.07) is 18.3. The normalized spacial score (nSPS) is 14.7. The number of likely N-dealkylation sites (tertiary alicyclic amines) is 1. The highest BCUT2D eigenvalue weighted by Gasteiger charge is 2.12. The summed E-state index contributed by atoms with van der Waals surface area (Å²) >= 11 is 0. The van der Waals surface area contributed by atoms with Crippen LogP contribution in [0.3, 0.4) is 0 Å². The summed E-state index contributed by atoms with van der Waals surface area (Å²) in [5, 5.41) is 0. The van der Waals surface area contributed by atoms with Crippen molar-refractivity contribution in [1.29, 1.82) is 0 Å². The van der Waals surface area contributed by atoms with Crippen LogP contribution in [0.4, 0.5) is 0 Å². The zero-order chi connectivity index (χ0) is 16.3. The number of para-hydroxylation sites is 1. The number of rotatable bonds is 4. The summed E-state index contributed by atoms with van der Waals surface area (Å²) in [5.41, 5.74) is 7.84. The molecule has 0 amide bonds. The van der Waals surface area contributed by atoms with Gasteiger partial charge in [0.05, 0.1) is 7.11 Å². The number of hydrogen-bond acceptors (Lipinski definition) is 3. The molecule has 0 aliphatic carbocycles. The first kappa shape index (κ1) is 17.5. The van der Waals surface area contributed by atoms with Crippen molar-refractivity contribution in [3.63, 3.8) is 0 Å². The van der Waals surface area contributed by atoms with Crippen molar-refractivity contribution in [2.24, 2.45) is 5.73 Å². The summed E-state index contributed by atoms with van der Waals surface area (Å²) in [7, 11) is 1.75. The van der Waals surface area contributed by atoms with Crippen LogP contribution in [0.25, 0.3) is 0 Å². The topological polar surface area (TPSA) is 38.5 Å². The van der Waals surface area contributed by atoms with Crippen molar-refractivity contribution in [3.8, 4) is 5.75 Å². The van der Waals surface area contributed by atoms with Crippen LogP contribution in [-0.4, -0.2) is 25.1 Å². The van der Waals surface area contributed by atoms with Crippen molar-refractivity contribution in [2.75, 3.05) is 20.2 Å². The van der Waals surface area contributed by atoms with Gasteiger partial charge >= 0.3 is 0 Å². The first-order chi connectivity index (χ1) is 11.3. The molecule has 0 saturated carbocycles. The number of methoxy groups -OCH3 is 1. The zero-order valence-corrected chi connectivity index (χ0v) is 14.1. The second-order valence-corrected chi connectivity index (χ2v) is 5.84. The van der Waals surface area contributed by atoms with E-state index in [1.165, 1.54) is 43.5 Å². The maximum absolute atomic E-state index is 5.36. The molecular weight excluding hydrogens is 284 g/mol. The van der Waals surface area contributed by atoms with E-state index in [9.17, 15) is 0 Å². The number of ether oxygens (including phenoxy) is 1. The molecule has 1 aliphatic rings. The van der Waals surface area contributed by atoms with E-state index in [0.29, 0.717) is 6.54 Å². The Morgan fingerprint density at radius 3 is 2.17 bits per heavy atom. The number of hydrogen-bond donors (Lipinski definition) is 1. The highest BCUT2D eigenvalue weighted by molar-refractivity contribution is 5.33. The van der Waals surface area contributed by atoms with E-state index >= 15 is 0 Å². The van der Waals surface area contributed by atoms with Crippen molar-refractivity contribution >= 4 is 0 Å². The van der Waals surface area contributed by atoms with Gasteiger partial charge in [-0.3, -0.25) is 4.90 Å². The van der Waals surface area contributed by atoms with Crippen molar-refractivity contribution in [1.82, 2.24) is 4.90 Å². The van der Waals surface area contributed by atoms with Crippen molar-refractivity contribution in [2.45, 2.75) is 32.4 Å². The molecule has 3 rings (SSSR count). The lowest BCUT2D eigenvalue weighted by atomic mass is 10.1. The molecule has 2 aromatic rings. The van der Waals surface area contributed by atoms with Gasteiger partial charge in [-0.05, 0) is 37.6 Å². The Labute approximate surface area is 140 Å². The second-order valence-electron chi connectivity index (χ2n) is 5.84. The van der Waals surface area contributed by atoms with Crippen molar-refractivity contribution in [3.05, 3.63) is 65.7 Å². The lowest BCUT2D eigenvalue weighted by Gasteiger charge is -2.26. The van der Waals surface area contributed by atoms with E-state index in [1.54, 1.807) is 7.11 Å². The Balaban J connectivity index is 0.000000203. The van der Waals surface area contributed by atoms with Crippen LogP contribution < -0.4 is 10.5 Å². The fraction of sp³-hybridized carbons (Fsp3) is 0.400. The van der Waals surface area contributed by atoms with E-state index in [-0.39, 0.29) is 0 Å². The van der Waals surface area contributed by atoms with Crippen LogP contribution >= 0.6 is 0 Å². The highest BCUT2D eigenvalue weighted by atomic mass is 16.5. The first-order valence-corrected chi connectivity index (χ1v) is 8.41. The minimum Gasteiger partial charge on any atom is -0.496 e. The Bertz CT molecular complexity index is 551. The van der Waals surface area contributed by atoms with Gasteiger partial charge in [0.1, 0.15) is 5.75 Å². The molecule has 2 N–H and O–H groups in total. The number of nitrogens with zero attached hydrogens (tertiary/aromatic N) is 1. The highest BCUT2D eigenvalue weighted by Crippen LogP contribution is 2.21. The van der Waals surface area contributed by atoms with Gasteiger partial charge in [-0.1, -0.05) is 55.0 Å². The largest absolute Gasteiger partial charge is 0.496 e. The Morgan fingerprint density at radius 2 is 1.57 bits per heavy atom. The van der Waals surface area contributed by atoms with Crippen LogP contribution in [0.5, 0.6) is 5.75 Å². The van der Waals surface area contributed by atoms with Crippen LogP contribution in [0.2, 0.25) is 0 Å². The molecule has 1 saturated heterocycles. The van der Waals surface area contributed by atoms with Gasteiger partial charge in [-0.25, -0.2) is 0 Å². The minimum absolute atomic E-state index is 0.640. The molecule has 3 heteroatoms. The molecular formula is C20H28N2O.